The minimum atomic E-state index is -1.23. The number of aliphatic carboxylic acids is 2. The fourth-order valence-corrected chi connectivity index (χ4v) is 5.24. The summed E-state index contributed by atoms with van der Waals surface area (Å²) in [5.74, 6) is -3.30. The lowest BCUT2D eigenvalue weighted by Gasteiger charge is -2.09. The van der Waals surface area contributed by atoms with Crippen LogP contribution in [0.1, 0.15) is 36.1 Å². The molecule has 0 spiro atoms. The zero-order chi connectivity index (χ0) is 43.9. The number of carboxylic acid groups (broad SMARTS) is 2. The first kappa shape index (κ1) is 45.0. The third-order valence-electron chi connectivity index (χ3n) is 8.28. The Hall–Kier alpha value is -7.70. The smallest absolute Gasteiger partial charge is 0.332 e. The zero-order valence-corrected chi connectivity index (χ0v) is 32.9. The number of azo groups is 2. The second-order valence-electron chi connectivity index (χ2n) is 13.2. The minimum absolute atomic E-state index is 0.357. The largest absolute Gasteiger partial charge is 0.856 e. The maximum Gasteiger partial charge on any atom is 0.332 e. The monoisotopic (exact) mass is 818 g/mol. The summed E-state index contributed by atoms with van der Waals surface area (Å²) in [5.41, 5.74) is 5.80. The molecular weight excluding hydrogens is 777 g/mol. The topological polar surface area (TPSA) is 284 Å². The molecule has 0 amide bonds. The average Bonchev–Trinajstić information content (AvgIpc) is 3.19. The lowest BCUT2D eigenvalue weighted by molar-refractivity contribution is -0.600. The van der Waals surface area contributed by atoms with Crippen LogP contribution in [0.2, 0.25) is 0 Å². The van der Waals surface area contributed by atoms with Crippen molar-refractivity contribution in [3.8, 4) is 23.1 Å². The number of hydrogen-bond acceptors (Lipinski definition) is 12. The van der Waals surface area contributed by atoms with Crippen LogP contribution in [0.5, 0.6) is 11.8 Å². The molecule has 4 aromatic heterocycles. The molecule has 60 heavy (non-hydrogen) atoms. The number of pyridine rings is 4. The summed E-state index contributed by atoms with van der Waals surface area (Å²) in [6.07, 6.45) is 6.02. The van der Waals surface area contributed by atoms with Gasteiger partial charge in [0.1, 0.15) is 23.6 Å². The molecule has 0 radical (unpaired) electrons. The summed E-state index contributed by atoms with van der Waals surface area (Å²) >= 11 is 0. The van der Waals surface area contributed by atoms with Crippen molar-refractivity contribution >= 4 is 34.7 Å². The van der Waals surface area contributed by atoms with Crippen LogP contribution in [-0.2, 0) is 22.4 Å². The Balaban J connectivity index is 0.000000580. The van der Waals surface area contributed by atoms with Gasteiger partial charge in [0.2, 0.25) is 34.9 Å². The molecule has 6 aromatic rings. The molecule has 6 rings (SSSR count). The highest BCUT2D eigenvalue weighted by Crippen LogP contribution is 2.22. The molecule has 2 atom stereocenters. The molecule has 0 aliphatic rings. The van der Waals surface area contributed by atoms with E-state index in [0.29, 0.717) is 45.3 Å². The van der Waals surface area contributed by atoms with Crippen molar-refractivity contribution < 1.29 is 49.4 Å². The molecule has 0 fully saturated rings. The van der Waals surface area contributed by atoms with Crippen molar-refractivity contribution in [3.05, 3.63) is 153 Å². The lowest BCUT2D eigenvalue weighted by atomic mass is 10.0. The van der Waals surface area contributed by atoms with Gasteiger partial charge in [-0.15, -0.1) is 10.2 Å². The lowest BCUT2D eigenvalue weighted by Crippen LogP contribution is -2.33. The second-order valence-corrected chi connectivity index (χ2v) is 13.2. The average molecular weight is 819 g/mol. The van der Waals surface area contributed by atoms with Gasteiger partial charge in [-0.1, -0.05) is 24.3 Å². The van der Waals surface area contributed by atoms with Crippen molar-refractivity contribution in [2.45, 2.75) is 52.7 Å². The highest BCUT2D eigenvalue weighted by molar-refractivity contribution is 5.71. The van der Waals surface area contributed by atoms with E-state index in [2.05, 4.69) is 30.4 Å². The highest BCUT2D eigenvalue weighted by Gasteiger charge is 2.15. The predicted molar refractivity (Wildman–Crippen MR) is 213 cm³/mol. The SMILES string of the molecule is CC(O)C(=O)O.CC(O)C(=O)O.Cc1cc(=O)[nH]c([O-])c1-[n+]1cccc(N=Nc2ccc(CCc3ccc(N=Nc4ccc[n+](-c5c(C)cc(=O)[nH]c5[O-])c4)cc3)cc2)c1. The maximum absolute atomic E-state index is 12.3. The molecule has 2 aromatic carbocycles. The van der Waals surface area contributed by atoms with Gasteiger partial charge in [-0.05, 0) is 88.1 Å². The molecule has 0 aliphatic carbocycles. The molecule has 18 nitrogen and oxygen atoms in total. The van der Waals surface area contributed by atoms with Crippen molar-refractivity contribution in [2.24, 2.45) is 20.5 Å². The molecule has 0 aliphatic heterocycles. The van der Waals surface area contributed by atoms with Gasteiger partial charge in [0.15, 0.2) is 12.4 Å². The Bertz CT molecular complexity index is 2370. The number of carbonyl (C=O) groups is 2. The van der Waals surface area contributed by atoms with Crippen LogP contribution in [0.15, 0.2) is 140 Å². The van der Waals surface area contributed by atoms with Gasteiger partial charge in [-0.3, -0.25) is 9.59 Å². The van der Waals surface area contributed by atoms with E-state index in [4.69, 9.17) is 20.4 Å². The quantitative estimate of drug-likeness (QED) is 0.0810. The first-order chi connectivity index (χ1) is 28.5. The summed E-state index contributed by atoms with van der Waals surface area (Å²) in [4.78, 5) is 46.6. The number of nitrogens with one attached hydrogen (secondary N) is 2. The van der Waals surface area contributed by atoms with Gasteiger partial charge in [0.25, 0.3) is 0 Å². The molecule has 6 N–H and O–H groups in total. The number of aliphatic hydroxyl groups is 2. The van der Waals surface area contributed by atoms with Crippen molar-refractivity contribution in [3.63, 3.8) is 0 Å². The summed E-state index contributed by atoms with van der Waals surface area (Å²) in [7, 11) is 0. The highest BCUT2D eigenvalue weighted by atomic mass is 16.4. The van der Waals surface area contributed by atoms with Crippen LogP contribution in [0.25, 0.3) is 11.4 Å². The van der Waals surface area contributed by atoms with Gasteiger partial charge >= 0.3 is 11.9 Å². The number of carboxylic acids is 2. The van der Waals surface area contributed by atoms with E-state index in [-0.39, 0.29) is 0 Å². The molecule has 0 saturated heterocycles. The number of nitrogens with zero attached hydrogens (tertiary/aromatic N) is 6. The summed E-state index contributed by atoms with van der Waals surface area (Å²) in [5, 5.41) is 73.5. The summed E-state index contributed by atoms with van der Waals surface area (Å²) in [6, 6.07) is 25.6. The first-order valence-electron chi connectivity index (χ1n) is 18.2. The van der Waals surface area contributed by atoms with E-state index in [0.717, 1.165) is 24.0 Å². The fraction of sp³-hybridized carbons (Fsp3) is 0.190. The van der Waals surface area contributed by atoms with Crippen molar-refractivity contribution in [1.29, 1.82) is 0 Å². The molecule has 2 unspecified atom stereocenters. The van der Waals surface area contributed by atoms with E-state index < -0.39 is 47.0 Å². The Morgan fingerprint density at radius 1 is 0.600 bits per heavy atom. The number of aromatic nitrogens is 4. The van der Waals surface area contributed by atoms with Crippen LogP contribution < -0.4 is 30.5 Å². The van der Waals surface area contributed by atoms with Crippen LogP contribution >= 0.6 is 0 Å². The molecule has 310 valence electrons. The number of aromatic amines is 2. The van der Waals surface area contributed by atoms with Gasteiger partial charge in [0, 0.05) is 47.2 Å². The Morgan fingerprint density at radius 2 is 0.917 bits per heavy atom. The summed E-state index contributed by atoms with van der Waals surface area (Å²) in [6.45, 7) is 5.82. The molecular formula is C42H42N8O10. The van der Waals surface area contributed by atoms with E-state index in [1.54, 1.807) is 72.0 Å². The normalized spacial score (nSPS) is 11.9. The van der Waals surface area contributed by atoms with Crippen LogP contribution in [0, 0.1) is 13.8 Å². The van der Waals surface area contributed by atoms with E-state index >= 15 is 0 Å². The predicted octanol–water partition coefficient (Wildman–Crippen LogP) is 3.90. The Kier molecular flexibility index (Phi) is 15.9. The van der Waals surface area contributed by atoms with E-state index in [9.17, 15) is 29.4 Å². The molecule has 0 saturated carbocycles. The molecule has 0 bridgehead atoms. The summed E-state index contributed by atoms with van der Waals surface area (Å²) < 4.78 is 3.25. The first-order valence-corrected chi connectivity index (χ1v) is 18.2. The standard InChI is InChI=1S/C36H30N8O4.2C3H6O3/c1-23-19-31(45)37-35(47)33(23)43-17-3-5-29(21-43)41-39-27-13-9-25(10-14-27)7-8-26-11-15-28(16-12-26)40-42-30-6-4-18-44(22-30)34-24(2)20-32(46)38-36(34)48;2*1-2(4)3(5)6/h3-6,9-22H,7-8H2,1-2H3,(H2-2,37,38,45,46,47,48);2*2,4H,1H3,(H,5,6). The Labute approximate surface area is 342 Å². The van der Waals surface area contributed by atoms with E-state index in [1.165, 1.54) is 26.0 Å². The van der Waals surface area contributed by atoms with Crippen molar-refractivity contribution in [2.75, 3.05) is 0 Å². The van der Waals surface area contributed by atoms with Gasteiger partial charge in [-0.25, -0.2) is 9.59 Å². The number of rotatable bonds is 11. The second kappa shape index (κ2) is 21.2. The zero-order valence-electron chi connectivity index (χ0n) is 32.9. The van der Waals surface area contributed by atoms with Gasteiger partial charge in [0.05, 0.1) is 11.4 Å². The van der Waals surface area contributed by atoms with Gasteiger partial charge in [-0.2, -0.15) is 19.4 Å². The molecule has 18 heteroatoms. The molecule has 4 heterocycles. The number of aliphatic hydroxyl groups excluding tert-OH is 2. The van der Waals surface area contributed by atoms with Crippen LogP contribution in [0.4, 0.5) is 22.7 Å². The van der Waals surface area contributed by atoms with Crippen molar-refractivity contribution in [1.82, 2.24) is 9.97 Å². The third-order valence-corrected chi connectivity index (χ3v) is 8.28. The van der Waals surface area contributed by atoms with Gasteiger partial charge < -0.3 is 40.6 Å². The fourth-order valence-electron chi connectivity index (χ4n) is 5.24. The number of aryl methyl sites for hydroxylation is 4. The maximum atomic E-state index is 12.3. The van der Waals surface area contributed by atoms with Crippen LogP contribution in [-0.4, -0.2) is 54.5 Å². The number of benzene rings is 2. The number of hydrogen-bond donors (Lipinski definition) is 6. The van der Waals surface area contributed by atoms with Crippen LogP contribution in [0.3, 0.4) is 0 Å². The van der Waals surface area contributed by atoms with E-state index in [1.807, 2.05) is 48.5 Å². The Morgan fingerprint density at radius 3 is 1.22 bits per heavy atom. The number of H-pyrrole nitrogens is 2. The minimum Gasteiger partial charge on any atom is -0.856 e. The third kappa shape index (κ3) is 13.5.